The second kappa shape index (κ2) is 10.6. The number of hydrogen-bond acceptors (Lipinski definition) is 5. The van der Waals surface area contributed by atoms with E-state index in [2.05, 4.69) is 30.9 Å². The molecule has 0 saturated carbocycles. The van der Waals surface area contributed by atoms with Crippen molar-refractivity contribution in [3.8, 4) is 0 Å². The summed E-state index contributed by atoms with van der Waals surface area (Å²) >= 11 is 0. The van der Waals surface area contributed by atoms with Crippen molar-refractivity contribution in [1.82, 2.24) is 9.80 Å². The van der Waals surface area contributed by atoms with Crippen molar-refractivity contribution in [1.29, 1.82) is 0 Å². The van der Waals surface area contributed by atoms with Gasteiger partial charge in [-0.25, -0.2) is 0 Å². The number of furan rings is 1. The number of benzene rings is 1. The summed E-state index contributed by atoms with van der Waals surface area (Å²) in [5.74, 6) is 2.20. The number of nitrogens with zero attached hydrogens (tertiary/aromatic N) is 2. The fourth-order valence-corrected chi connectivity index (χ4v) is 3.63. The zero-order chi connectivity index (χ0) is 20.6. The summed E-state index contributed by atoms with van der Waals surface area (Å²) in [6.45, 7) is 8.27. The molecule has 1 amide bonds. The summed E-state index contributed by atoms with van der Waals surface area (Å²) in [5, 5.41) is 0. The molecule has 0 N–H and O–H groups in total. The van der Waals surface area contributed by atoms with Crippen LogP contribution in [-0.2, 0) is 34.0 Å². The van der Waals surface area contributed by atoms with Crippen molar-refractivity contribution in [3.63, 3.8) is 0 Å². The molecule has 6 heteroatoms. The molecule has 1 aromatic carbocycles. The minimum absolute atomic E-state index is 0.0474. The fraction of sp³-hybridized carbons (Fsp3) is 0.522. The average molecular weight is 401 g/mol. The number of carbonyl (C=O) groups excluding carboxylic acids is 1. The molecule has 0 radical (unpaired) electrons. The predicted octanol–water partition coefficient (Wildman–Crippen LogP) is 3.31. The van der Waals surface area contributed by atoms with Crippen LogP contribution in [0.3, 0.4) is 0 Å². The number of ether oxygens (including phenoxy) is 2. The molecule has 158 valence electrons. The Hall–Kier alpha value is -2.15. The van der Waals surface area contributed by atoms with Crippen molar-refractivity contribution in [3.05, 3.63) is 59.5 Å². The summed E-state index contributed by atoms with van der Waals surface area (Å²) in [6, 6.07) is 14.0. The lowest BCUT2D eigenvalue weighted by Gasteiger charge is -2.26. The second-order valence-corrected chi connectivity index (χ2v) is 8.08. The zero-order valence-electron chi connectivity index (χ0n) is 17.7. The van der Waals surface area contributed by atoms with Crippen LogP contribution < -0.4 is 0 Å². The van der Waals surface area contributed by atoms with Crippen LogP contribution in [0.5, 0.6) is 0 Å². The molecule has 1 aliphatic rings. The summed E-state index contributed by atoms with van der Waals surface area (Å²) < 4.78 is 17.2. The van der Waals surface area contributed by atoms with Gasteiger partial charge in [0.1, 0.15) is 18.1 Å². The van der Waals surface area contributed by atoms with Gasteiger partial charge < -0.3 is 18.8 Å². The number of hydrogen-bond donors (Lipinski definition) is 0. The van der Waals surface area contributed by atoms with Crippen LogP contribution in [0.15, 0.2) is 46.9 Å². The zero-order valence-corrected chi connectivity index (χ0v) is 17.7. The van der Waals surface area contributed by atoms with Gasteiger partial charge in [0.15, 0.2) is 0 Å². The van der Waals surface area contributed by atoms with E-state index in [4.69, 9.17) is 13.9 Å². The highest BCUT2D eigenvalue weighted by Gasteiger charge is 2.29. The Labute approximate surface area is 173 Å². The van der Waals surface area contributed by atoms with Crippen LogP contribution in [0.2, 0.25) is 0 Å². The molecule has 3 rings (SSSR count). The van der Waals surface area contributed by atoms with Gasteiger partial charge in [0.2, 0.25) is 5.91 Å². The first-order valence-electron chi connectivity index (χ1n) is 10.3. The Morgan fingerprint density at radius 3 is 2.55 bits per heavy atom. The van der Waals surface area contributed by atoms with Crippen LogP contribution >= 0.6 is 0 Å². The Kier molecular flexibility index (Phi) is 7.86. The smallest absolute Gasteiger partial charge is 0.236 e. The highest BCUT2D eigenvalue weighted by molar-refractivity contribution is 5.78. The highest BCUT2D eigenvalue weighted by atomic mass is 16.5. The molecule has 1 aromatic heterocycles. The molecule has 0 spiro atoms. The molecule has 1 fully saturated rings. The van der Waals surface area contributed by atoms with Gasteiger partial charge in [-0.05, 0) is 23.6 Å². The lowest BCUT2D eigenvalue weighted by Crippen LogP contribution is -2.40. The fourth-order valence-electron chi connectivity index (χ4n) is 3.63. The van der Waals surface area contributed by atoms with Crippen LogP contribution in [-0.4, -0.2) is 55.1 Å². The Bertz CT molecular complexity index is 759. The van der Waals surface area contributed by atoms with E-state index >= 15 is 0 Å². The highest BCUT2D eigenvalue weighted by Crippen LogP contribution is 2.17. The maximum Gasteiger partial charge on any atom is 0.236 e. The second-order valence-electron chi connectivity index (χ2n) is 8.08. The van der Waals surface area contributed by atoms with Gasteiger partial charge in [-0.15, -0.1) is 0 Å². The lowest BCUT2D eigenvalue weighted by atomic mass is 10.2. The third kappa shape index (κ3) is 6.70. The maximum absolute atomic E-state index is 12.9. The maximum atomic E-state index is 12.9. The van der Waals surface area contributed by atoms with Crippen molar-refractivity contribution in [2.45, 2.75) is 39.7 Å². The Morgan fingerprint density at radius 1 is 1.07 bits per heavy atom. The van der Waals surface area contributed by atoms with Gasteiger partial charge in [-0.1, -0.05) is 44.2 Å². The molecular weight excluding hydrogens is 368 g/mol. The Balaban J connectivity index is 1.67. The molecular formula is C23H32N2O4. The van der Waals surface area contributed by atoms with Gasteiger partial charge in [0, 0.05) is 26.7 Å². The van der Waals surface area contributed by atoms with E-state index in [0.717, 1.165) is 23.6 Å². The summed E-state index contributed by atoms with van der Waals surface area (Å²) in [4.78, 5) is 16.9. The number of amides is 1. The monoisotopic (exact) mass is 400 g/mol. The number of methoxy groups -OCH3 is 1. The normalized spacial score (nSPS) is 18.4. The van der Waals surface area contributed by atoms with Gasteiger partial charge in [-0.2, -0.15) is 0 Å². The summed E-state index contributed by atoms with van der Waals surface area (Å²) in [6.07, 6.45) is -0.0474. The third-order valence-corrected chi connectivity index (χ3v) is 4.89. The molecule has 0 bridgehead atoms. The molecule has 0 aliphatic carbocycles. The van der Waals surface area contributed by atoms with Gasteiger partial charge in [-0.3, -0.25) is 9.69 Å². The van der Waals surface area contributed by atoms with E-state index in [9.17, 15) is 4.79 Å². The minimum Gasteiger partial charge on any atom is -0.462 e. The van der Waals surface area contributed by atoms with Crippen LogP contribution in [0.4, 0.5) is 0 Å². The van der Waals surface area contributed by atoms with Gasteiger partial charge in [0.05, 0.1) is 25.8 Å². The van der Waals surface area contributed by atoms with E-state index in [1.807, 2.05) is 35.2 Å². The van der Waals surface area contributed by atoms with Crippen LogP contribution in [0, 0.1) is 5.92 Å². The molecule has 2 aromatic rings. The topological polar surface area (TPSA) is 55.2 Å². The molecule has 2 heterocycles. The predicted molar refractivity (Wildman–Crippen MR) is 111 cm³/mol. The molecule has 6 nitrogen and oxygen atoms in total. The Morgan fingerprint density at radius 2 is 1.83 bits per heavy atom. The first-order valence-corrected chi connectivity index (χ1v) is 10.3. The van der Waals surface area contributed by atoms with Crippen molar-refractivity contribution in [2.24, 2.45) is 5.92 Å². The molecule has 1 atom stereocenters. The standard InChI is InChI=1S/C23H32N2O4/c1-18(2)11-25-14-22(28-16-19-7-5-4-6-8-19)13-24(15-23(25)26)12-20-9-10-21(29-20)17-27-3/h4-10,18,22H,11-17H2,1-3H3/t22-/m0/s1. The van der Waals surface area contributed by atoms with E-state index in [1.165, 1.54) is 0 Å². The summed E-state index contributed by atoms with van der Waals surface area (Å²) in [7, 11) is 1.65. The SMILES string of the molecule is COCc1ccc(CN2CC(=O)N(CC(C)C)C[C@@H](OCc3ccccc3)C2)o1. The van der Waals surface area contributed by atoms with E-state index in [1.54, 1.807) is 7.11 Å². The molecule has 1 saturated heterocycles. The van der Waals surface area contributed by atoms with Crippen LogP contribution in [0.1, 0.15) is 30.9 Å². The minimum atomic E-state index is -0.0474. The quantitative estimate of drug-likeness (QED) is 0.646. The van der Waals surface area contributed by atoms with Crippen molar-refractivity contribution < 1.29 is 18.7 Å². The van der Waals surface area contributed by atoms with E-state index < -0.39 is 0 Å². The molecule has 0 unspecified atom stereocenters. The first kappa shape index (κ1) is 21.6. The lowest BCUT2D eigenvalue weighted by molar-refractivity contribution is -0.132. The molecule has 29 heavy (non-hydrogen) atoms. The average Bonchev–Trinajstić information content (AvgIpc) is 3.07. The summed E-state index contributed by atoms with van der Waals surface area (Å²) in [5.41, 5.74) is 1.14. The van der Waals surface area contributed by atoms with Crippen LogP contribution in [0.25, 0.3) is 0 Å². The van der Waals surface area contributed by atoms with E-state index in [0.29, 0.717) is 45.3 Å². The largest absolute Gasteiger partial charge is 0.462 e. The first-order chi connectivity index (χ1) is 14.0. The van der Waals surface area contributed by atoms with Gasteiger partial charge in [0.25, 0.3) is 0 Å². The third-order valence-electron chi connectivity index (χ3n) is 4.89. The van der Waals surface area contributed by atoms with Gasteiger partial charge >= 0.3 is 0 Å². The van der Waals surface area contributed by atoms with Crippen molar-refractivity contribution >= 4 is 5.91 Å². The van der Waals surface area contributed by atoms with Crippen molar-refractivity contribution in [2.75, 3.05) is 33.3 Å². The molecule has 1 aliphatic heterocycles. The number of carbonyl (C=O) groups is 1. The number of rotatable bonds is 9. The van der Waals surface area contributed by atoms with E-state index in [-0.39, 0.29) is 12.0 Å².